The Morgan fingerprint density at radius 3 is 2.52 bits per heavy atom. The number of carbonyl (C=O) groups is 1. The molecule has 1 fully saturated rings. The normalized spacial score (nSPS) is 16.5. The van der Waals surface area contributed by atoms with Gasteiger partial charge in [0.25, 0.3) is 11.6 Å². The zero-order valence-electron chi connectivity index (χ0n) is 13.6. The van der Waals surface area contributed by atoms with Gasteiger partial charge in [0.1, 0.15) is 0 Å². The third-order valence-electron chi connectivity index (χ3n) is 4.63. The molecule has 1 saturated carbocycles. The highest BCUT2D eigenvalue weighted by Gasteiger charge is 2.34. The SMILES string of the molecule is CN(C)C1(CNC(=O)c2cccc([N+](=O)[O-])c2)CCCCC1.Cl. The molecule has 23 heavy (non-hydrogen) atoms. The van der Waals surface area contributed by atoms with Crippen LogP contribution < -0.4 is 5.32 Å². The molecule has 1 aliphatic carbocycles. The van der Waals surface area contributed by atoms with Gasteiger partial charge in [-0.15, -0.1) is 12.4 Å². The Labute approximate surface area is 142 Å². The Hall–Kier alpha value is -1.66. The van der Waals surface area contributed by atoms with Crippen LogP contribution in [-0.2, 0) is 0 Å². The molecule has 7 heteroatoms. The first-order chi connectivity index (χ1) is 10.4. The molecule has 2 rings (SSSR count). The summed E-state index contributed by atoms with van der Waals surface area (Å²) in [6.07, 6.45) is 5.72. The molecule has 0 spiro atoms. The van der Waals surface area contributed by atoms with Crippen LogP contribution >= 0.6 is 12.4 Å². The molecule has 0 bridgehead atoms. The van der Waals surface area contributed by atoms with Gasteiger partial charge in [-0.05, 0) is 33.0 Å². The fourth-order valence-corrected chi connectivity index (χ4v) is 3.10. The summed E-state index contributed by atoms with van der Waals surface area (Å²) in [7, 11) is 4.09. The van der Waals surface area contributed by atoms with Crippen LogP contribution in [0.1, 0.15) is 42.5 Å². The molecule has 0 aromatic heterocycles. The first kappa shape index (κ1) is 19.4. The van der Waals surface area contributed by atoms with Crippen molar-refractivity contribution in [1.82, 2.24) is 10.2 Å². The largest absolute Gasteiger partial charge is 0.350 e. The number of carbonyl (C=O) groups excluding carboxylic acids is 1. The maximum atomic E-state index is 12.3. The first-order valence-corrected chi connectivity index (χ1v) is 7.65. The minimum absolute atomic E-state index is 0. The van der Waals surface area contributed by atoms with Crippen LogP contribution in [-0.4, -0.2) is 41.9 Å². The minimum Gasteiger partial charge on any atom is -0.350 e. The predicted octanol–water partition coefficient (Wildman–Crippen LogP) is 3.01. The predicted molar refractivity (Wildman–Crippen MR) is 92.2 cm³/mol. The van der Waals surface area contributed by atoms with Crippen molar-refractivity contribution in [2.45, 2.75) is 37.6 Å². The highest BCUT2D eigenvalue weighted by atomic mass is 35.5. The number of benzene rings is 1. The van der Waals surface area contributed by atoms with Gasteiger partial charge in [-0.1, -0.05) is 25.3 Å². The number of rotatable bonds is 5. The number of nitrogens with one attached hydrogen (secondary N) is 1. The third kappa shape index (κ3) is 4.65. The number of nitrogens with zero attached hydrogens (tertiary/aromatic N) is 2. The highest BCUT2D eigenvalue weighted by molar-refractivity contribution is 5.94. The van der Waals surface area contributed by atoms with E-state index in [9.17, 15) is 14.9 Å². The fourth-order valence-electron chi connectivity index (χ4n) is 3.10. The van der Waals surface area contributed by atoms with Gasteiger partial charge < -0.3 is 10.2 Å². The van der Waals surface area contributed by atoms with E-state index in [1.54, 1.807) is 6.07 Å². The molecule has 0 aliphatic heterocycles. The van der Waals surface area contributed by atoms with E-state index in [0.717, 1.165) is 12.8 Å². The molecule has 0 radical (unpaired) electrons. The Morgan fingerprint density at radius 1 is 1.30 bits per heavy atom. The molecule has 0 atom stereocenters. The minimum atomic E-state index is -0.487. The van der Waals surface area contributed by atoms with Gasteiger partial charge >= 0.3 is 0 Å². The molecule has 1 aliphatic rings. The second-order valence-corrected chi connectivity index (χ2v) is 6.17. The smallest absolute Gasteiger partial charge is 0.270 e. The molecule has 128 valence electrons. The number of likely N-dealkylation sites (N-methyl/N-ethyl adjacent to an activating group) is 1. The van der Waals surface area contributed by atoms with Gasteiger partial charge in [0.05, 0.1) is 4.92 Å². The van der Waals surface area contributed by atoms with Crippen molar-refractivity contribution in [3.05, 3.63) is 39.9 Å². The van der Waals surface area contributed by atoms with E-state index in [-0.39, 0.29) is 29.5 Å². The topological polar surface area (TPSA) is 75.5 Å². The summed E-state index contributed by atoms with van der Waals surface area (Å²) in [4.78, 5) is 24.8. The zero-order valence-corrected chi connectivity index (χ0v) is 14.4. The third-order valence-corrected chi connectivity index (χ3v) is 4.63. The molecule has 0 heterocycles. The molecule has 1 N–H and O–H groups in total. The lowest BCUT2D eigenvalue weighted by Crippen LogP contribution is -2.53. The summed E-state index contributed by atoms with van der Waals surface area (Å²) >= 11 is 0. The molecule has 1 aromatic rings. The number of nitro benzene ring substituents is 1. The molecule has 1 amide bonds. The van der Waals surface area contributed by atoms with E-state index in [2.05, 4.69) is 10.2 Å². The van der Waals surface area contributed by atoms with E-state index < -0.39 is 4.92 Å². The molecule has 0 saturated heterocycles. The Bertz CT molecular complexity index is 557. The van der Waals surface area contributed by atoms with Gasteiger partial charge in [-0.25, -0.2) is 0 Å². The maximum Gasteiger partial charge on any atom is 0.270 e. The highest BCUT2D eigenvalue weighted by Crippen LogP contribution is 2.31. The summed E-state index contributed by atoms with van der Waals surface area (Å²) in [5.41, 5.74) is 0.265. The number of hydrogen-bond acceptors (Lipinski definition) is 4. The van der Waals surface area contributed by atoms with Gasteiger partial charge in [0, 0.05) is 29.8 Å². The zero-order chi connectivity index (χ0) is 16.2. The average molecular weight is 342 g/mol. The van der Waals surface area contributed by atoms with E-state index in [0.29, 0.717) is 12.1 Å². The number of hydrogen-bond donors (Lipinski definition) is 1. The quantitative estimate of drug-likeness (QED) is 0.659. The van der Waals surface area contributed by atoms with Crippen molar-refractivity contribution in [3.63, 3.8) is 0 Å². The van der Waals surface area contributed by atoms with Crippen LogP contribution in [0.2, 0.25) is 0 Å². The van der Waals surface area contributed by atoms with E-state index in [1.165, 1.54) is 37.5 Å². The number of halogens is 1. The van der Waals surface area contributed by atoms with Gasteiger partial charge in [-0.2, -0.15) is 0 Å². The van der Waals surface area contributed by atoms with Gasteiger partial charge in [-0.3, -0.25) is 14.9 Å². The van der Waals surface area contributed by atoms with Gasteiger partial charge in [0.15, 0.2) is 0 Å². The standard InChI is InChI=1S/C16H23N3O3.ClH/c1-18(2)16(9-4-3-5-10-16)12-17-15(20)13-7-6-8-14(11-13)19(21)22;/h6-8,11H,3-5,9-10,12H2,1-2H3,(H,17,20);1H. The van der Waals surface area contributed by atoms with Crippen LogP contribution in [0.25, 0.3) is 0 Å². The second-order valence-electron chi connectivity index (χ2n) is 6.17. The Kier molecular flexibility index (Phi) is 6.97. The molecular formula is C16H24ClN3O3. The number of nitro groups is 1. The summed E-state index contributed by atoms with van der Waals surface area (Å²) in [5.74, 6) is -0.254. The van der Waals surface area contributed by atoms with Crippen molar-refractivity contribution in [1.29, 1.82) is 0 Å². The van der Waals surface area contributed by atoms with Crippen molar-refractivity contribution in [2.24, 2.45) is 0 Å². The van der Waals surface area contributed by atoms with Crippen LogP contribution in [0.5, 0.6) is 0 Å². The maximum absolute atomic E-state index is 12.3. The Balaban J connectivity index is 0.00000264. The molecular weight excluding hydrogens is 318 g/mol. The van der Waals surface area contributed by atoms with Crippen molar-refractivity contribution < 1.29 is 9.72 Å². The fraction of sp³-hybridized carbons (Fsp3) is 0.562. The average Bonchev–Trinajstić information content (AvgIpc) is 2.53. The number of non-ortho nitro benzene ring substituents is 1. The van der Waals surface area contributed by atoms with E-state index >= 15 is 0 Å². The summed E-state index contributed by atoms with van der Waals surface area (Å²) in [6, 6.07) is 5.85. The van der Waals surface area contributed by atoms with E-state index in [4.69, 9.17) is 0 Å². The van der Waals surface area contributed by atoms with Crippen molar-refractivity contribution in [3.8, 4) is 0 Å². The van der Waals surface area contributed by atoms with Crippen LogP contribution in [0.15, 0.2) is 24.3 Å². The van der Waals surface area contributed by atoms with Crippen LogP contribution in [0.4, 0.5) is 5.69 Å². The summed E-state index contributed by atoms with van der Waals surface area (Å²) in [5, 5.41) is 13.7. The van der Waals surface area contributed by atoms with Crippen LogP contribution in [0, 0.1) is 10.1 Å². The molecule has 1 aromatic carbocycles. The monoisotopic (exact) mass is 341 g/mol. The van der Waals surface area contributed by atoms with Gasteiger partial charge in [0.2, 0.25) is 0 Å². The lowest BCUT2D eigenvalue weighted by molar-refractivity contribution is -0.384. The lowest BCUT2D eigenvalue weighted by atomic mass is 9.80. The van der Waals surface area contributed by atoms with E-state index in [1.807, 2.05) is 14.1 Å². The lowest BCUT2D eigenvalue weighted by Gasteiger charge is -2.43. The van der Waals surface area contributed by atoms with Crippen molar-refractivity contribution in [2.75, 3.05) is 20.6 Å². The molecule has 0 unspecified atom stereocenters. The first-order valence-electron chi connectivity index (χ1n) is 7.65. The van der Waals surface area contributed by atoms with Crippen molar-refractivity contribution >= 4 is 24.0 Å². The summed E-state index contributed by atoms with van der Waals surface area (Å²) in [6.45, 7) is 0.571. The number of amides is 1. The van der Waals surface area contributed by atoms with Crippen LogP contribution in [0.3, 0.4) is 0 Å². The summed E-state index contributed by atoms with van der Waals surface area (Å²) < 4.78 is 0. The second kappa shape index (κ2) is 8.26. The Morgan fingerprint density at radius 2 is 1.96 bits per heavy atom. The molecule has 6 nitrogen and oxygen atoms in total.